The maximum Gasteiger partial charge on any atom is 0.328 e. The Morgan fingerprint density at radius 2 is 1.89 bits per heavy atom. The summed E-state index contributed by atoms with van der Waals surface area (Å²) in [6.07, 6.45) is 0. The maximum atomic E-state index is 11.3. The number of aliphatic hydroxyl groups excluding tert-OH is 1. The predicted octanol–water partition coefficient (Wildman–Crippen LogP) is -2.38. The van der Waals surface area contributed by atoms with E-state index in [1.54, 1.807) is 0 Å². The van der Waals surface area contributed by atoms with Crippen LogP contribution in [0.15, 0.2) is 0 Å². The van der Waals surface area contributed by atoms with Gasteiger partial charge in [-0.25, -0.2) is 22.3 Å². The van der Waals surface area contributed by atoms with E-state index in [2.05, 4.69) is 5.32 Å². The van der Waals surface area contributed by atoms with E-state index in [0.717, 1.165) is 4.31 Å². The molecule has 2 amide bonds. The molecular weight excluding hydrogens is 266 g/mol. The monoisotopic (exact) mass is 283 g/mol. The smallest absolute Gasteiger partial charge is 0.328 e. The standard InChI is InChI=1S/C8H17N3O6S/c1-11(2)18(16,17)4-3-9-8(15)10-6(5-12)7(13)14/h6,12H,3-5H2,1-2H3,(H,13,14)(H2,9,10,15)/t6-/m0/s1. The molecule has 0 aromatic carbocycles. The zero-order chi connectivity index (χ0) is 14.3. The third-order valence-electron chi connectivity index (χ3n) is 1.99. The van der Waals surface area contributed by atoms with E-state index >= 15 is 0 Å². The molecule has 0 aliphatic heterocycles. The molecule has 0 aromatic rings. The van der Waals surface area contributed by atoms with Crippen LogP contribution in [-0.4, -0.2) is 74.0 Å². The fourth-order valence-corrected chi connectivity index (χ4v) is 1.60. The lowest BCUT2D eigenvalue weighted by Crippen LogP contribution is -2.48. The SMILES string of the molecule is CN(C)S(=O)(=O)CCNC(=O)N[C@@H](CO)C(=O)O. The van der Waals surface area contributed by atoms with Crippen molar-refractivity contribution < 1.29 is 28.2 Å². The summed E-state index contributed by atoms with van der Waals surface area (Å²) in [5.74, 6) is -1.68. The highest BCUT2D eigenvalue weighted by Crippen LogP contribution is 1.92. The second kappa shape index (κ2) is 7.13. The van der Waals surface area contributed by atoms with E-state index in [4.69, 9.17) is 10.2 Å². The molecule has 9 nitrogen and oxygen atoms in total. The number of hydrogen-bond donors (Lipinski definition) is 4. The summed E-state index contributed by atoms with van der Waals surface area (Å²) >= 11 is 0. The normalized spacial score (nSPS) is 13.1. The number of rotatable bonds is 7. The number of amides is 2. The molecule has 18 heavy (non-hydrogen) atoms. The van der Waals surface area contributed by atoms with E-state index in [1.807, 2.05) is 5.32 Å². The van der Waals surface area contributed by atoms with Gasteiger partial charge in [0, 0.05) is 20.6 Å². The molecular formula is C8H17N3O6S. The molecule has 0 saturated heterocycles. The zero-order valence-electron chi connectivity index (χ0n) is 10.1. The molecule has 0 saturated carbocycles. The van der Waals surface area contributed by atoms with E-state index < -0.39 is 34.7 Å². The number of aliphatic carboxylic acids is 1. The molecule has 1 atom stereocenters. The molecule has 0 aliphatic rings. The Kier molecular flexibility index (Phi) is 6.58. The van der Waals surface area contributed by atoms with Crippen molar-refractivity contribution in [1.29, 1.82) is 0 Å². The number of carbonyl (C=O) groups is 2. The summed E-state index contributed by atoms with van der Waals surface area (Å²) in [4.78, 5) is 21.7. The van der Waals surface area contributed by atoms with Crippen LogP contribution in [0, 0.1) is 0 Å². The number of nitrogens with zero attached hydrogens (tertiary/aromatic N) is 1. The molecule has 0 fully saturated rings. The summed E-state index contributed by atoms with van der Waals surface area (Å²) < 4.78 is 23.7. The fourth-order valence-electron chi connectivity index (χ4n) is 0.871. The maximum absolute atomic E-state index is 11.3. The van der Waals surface area contributed by atoms with Crippen molar-refractivity contribution in [3.63, 3.8) is 0 Å². The molecule has 10 heteroatoms. The lowest BCUT2D eigenvalue weighted by atomic mass is 10.3. The lowest BCUT2D eigenvalue weighted by molar-refractivity contribution is -0.140. The van der Waals surface area contributed by atoms with Crippen LogP contribution in [0.2, 0.25) is 0 Å². The fraction of sp³-hybridized carbons (Fsp3) is 0.750. The number of sulfonamides is 1. The highest BCUT2D eigenvalue weighted by atomic mass is 32.2. The van der Waals surface area contributed by atoms with Gasteiger partial charge in [0.2, 0.25) is 10.0 Å². The number of carboxylic acid groups (broad SMARTS) is 1. The van der Waals surface area contributed by atoms with Gasteiger partial charge in [-0.3, -0.25) is 0 Å². The number of urea groups is 1. The van der Waals surface area contributed by atoms with Gasteiger partial charge in [0.25, 0.3) is 0 Å². The van der Waals surface area contributed by atoms with Gasteiger partial charge in [0.1, 0.15) is 0 Å². The number of carboxylic acids is 1. The van der Waals surface area contributed by atoms with Crippen LogP contribution < -0.4 is 10.6 Å². The van der Waals surface area contributed by atoms with Crippen molar-refractivity contribution in [2.45, 2.75) is 6.04 Å². The third kappa shape index (κ3) is 5.80. The molecule has 4 N–H and O–H groups in total. The molecule has 0 unspecified atom stereocenters. The highest BCUT2D eigenvalue weighted by molar-refractivity contribution is 7.89. The van der Waals surface area contributed by atoms with Gasteiger partial charge in [-0.1, -0.05) is 0 Å². The highest BCUT2D eigenvalue weighted by Gasteiger charge is 2.19. The molecule has 0 aromatic heterocycles. The Morgan fingerprint density at radius 3 is 2.28 bits per heavy atom. The van der Waals surface area contributed by atoms with E-state index in [0.29, 0.717) is 0 Å². The molecule has 0 bridgehead atoms. The minimum absolute atomic E-state index is 0.163. The van der Waals surface area contributed by atoms with Gasteiger partial charge in [0.05, 0.1) is 12.4 Å². The zero-order valence-corrected chi connectivity index (χ0v) is 10.9. The third-order valence-corrected chi connectivity index (χ3v) is 3.82. The van der Waals surface area contributed by atoms with Crippen molar-refractivity contribution in [2.75, 3.05) is 33.0 Å². The van der Waals surface area contributed by atoms with Gasteiger partial charge >= 0.3 is 12.0 Å². The van der Waals surface area contributed by atoms with Crippen molar-refractivity contribution in [3.8, 4) is 0 Å². The van der Waals surface area contributed by atoms with Gasteiger partial charge in [-0.05, 0) is 0 Å². The van der Waals surface area contributed by atoms with Crippen LogP contribution in [-0.2, 0) is 14.8 Å². The van der Waals surface area contributed by atoms with Crippen molar-refractivity contribution in [1.82, 2.24) is 14.9 Å². The summed E-state index contributed by atoms with van der Waals surface area (Å²) in [5, 5.41) is 21.3. The number of hydrogen-bond acceptors (Lipinski definition) is 5. The van der Waals surface area contributed by atoms with E-state index in [9.17, 15) is 18.0 Å². The Morgan fingerprint density at radius 1 is 1.33 bits per heavy atom. The van der Waals surface area contributed by atoms with E-state index in [1.165, 1.54) is 14.1 Å². The lowest BCUT2D eigenvalue weighted by Gasteiger charge is -2.14. The first kappa shape index (κ1) is 16.6. The van der Waals surface area contributed by atoms with Crippen molar-refractivity contribution in [3.05, 3.63) is 0 Å². The number of nitrogens with one attached hydrogen (secondary N) is 2. The van der Waals surface area contributed by atoms with Crippen LogP contribution in [0.5, 0.6) is 0 Å². The summed E-state index contributed by atoms with van der Waals surface area (Å²) in [6, 6.07) is -2.28. The topological polar surface area (TPSA) is 136 Å². The van der Waals surface area contributed by atoms with Crippen LogP contribution in [0.25, 0.3) is 0 Å². The van der Waals surface area contributed by atoms with Crippen molar-refractivity contribution >= 4 is 22.0 Å². The Balaban J connectivity index is 4.10. The minimum atomic E-state index is -3.42. The van der Waals surface area contributed by atoms with Crippen LogP contribution in [0.4, 0.5) is 4.79 Å². The second-order valence-corrected chi connectivity index (χ2v) is 5.87. The first-order valence-corrected chi connectivity index (χ1v) is 6.60. The van der Waals surface area contributed by atoms with Crippen molar-refractivity contribution in [2.24, 2.45) is 0 Å². The van der Waals surface area contributed by atoms with E-state index in [-0.39, 0.29) is 12.3 Å². The van der Waals surface area contributed by atoms with Gasteiger partial charge in [0.15, 0.2) is 6.04 Å². The average molecular weight is 283 g/mol. The summed E-state index contributed by atoms with van der Waals surface area (Å²) in [7, 11) is -0.694. The average Bonchev–Trinajstić information content (AvgIpc) is 2.24. The number of carbonyl (C=O) groups excluding carboxylic acids is 1. The largest absolute Gasteiger partial charge is 0.480 e. The Bertz CT molecular complexity index is 394. The predicted molar refractivity (Wildman–Crippen MR) is 62.5 cm³/mol. The second-order valence-electron chi connectivity index (χ2n) is 3.57. The first-order valence-electron chi connectivity index (χ1n) is 4.99. The molecule has 0 radical (unpaired) electrons. The molecule has 0 rings (SSSR count). The number of aliphatic hydroxyl groups is 1. The Labute approximate surface area is 105 Å². The first-order chi connectivity index (χ1) is 8.20. The molecule has 0 heterocycles. The summed E-state index contributed by atoms with van der Waals surface area (Å²) in [5.41, 5.74) is 0. The molecule has 0 spiro atoms. The summed E-state index contributed by atoms with van der Waals surface area (Å²) in [6.45, 7) is -0.914. The van der Waals surface area contributed by atoms with Crippen LogP contribution in [0.1, 0.15) is 0 Å². The van der Waals surface area contributed by atoms with Gasteiger partial charge < -0.3 is 20.8 Å². The minimum Gasteiger partial charge on any atom is -0.480 e. The van der Waals surface area contributed by atoms with Crippen LogP contribution in [0.3, 0.4) is 0 Å². The molecule has 0 aliphatic carbocycles. The van der Waals surface area contributed by atoms with Gasteiger partial charge in [-0.2, -0.15) is 0 Å². The van der Waals surface area contributed by atoms with Gasteiger partial charge in [-0.15, -0.1) is 0 Å². The Hall–Kier alpha value is -1.39. The van der Waals surface area contributed by atoms with Crippen LogP contribution >= 0.6 is 0 Å². The molecule has 106 valence electrons. The quantitative estimate of drug-likeness (QED) is 0.412.